The fourth-order valence-corrected chi connectivity index (χ4v) is 1.24. The number of carbonyl (C=O) groups excluding carboxylic acids is 1. The van der Waals surface area contributed by atoms with E-state index in [1.165, 1.54) is 0 Å². The Morgan fingerprint density at radius 3 is 1.89 bits per heavy atom. The number of nitrogens with one attached hydrogen (secondary N) is 3. The SMILES string of the molecule is N=C=O.O=[Si]1NCCN1. The summed E-state index contributed by atoms with van der Waals surface area (Å²) >= 11 is 0. The predicted octanol–water partition coefficient (Wildman–Crippen LogP) is -1.50. The van der Waals surface area contributed by atoms with Gasteiger partial charge in [-0.2, -0.15) is 0 Å². The summed E-state index contributed by atoms with van der Waals surface area (Å²) in [4.78, 5) is 13.9. The lowest BCUT2D eigenvalue weighted by molar-refractivity contribution is 0.551. The van der Waals surface area contributed by atoms with E-state index in [-0.39, 0.29) is 0 Å². The molecule has 0 atom stereocenters. The third kappa shape index (κ3) is 4.86. The van der Waals surface area contributed by atoms with Crippen LogP contribution in [0.3, 0.4) is 0 Å². The van der Waals surface area contributed by atoms with Crippen LogP contribution in [-0.4, -0.2) is 28.2 Å². The zero-order chi connectivity index (χ0) is 7.11. The number of hydrogen-bond acceptors (Lipinski definition) is 3. The first-order valence-corrected chi connectivity index (χ1v) is 3.77. The van der Waals surface area contributed by atoms with Crippen molar-refractivity contribution in [3.63, 3.8) is 0 Å². The maximum atomic E-state index is 10.2. The Labute approximate surface area is 53.8 Å². The monoisotopic (exact) mass is 145 g/mol. The molecular formula is C3H7N3O2Si. The van der Waals surface area contributed by atoms with Crippen molar-refractivity contribution in [3.05, 3.63) is 0 Å². The average molecular weight is 145 g/mol. The number of hydrogen-bond donors (Lipinski definition) is 3. The van der Waals surface area contributed by atoms with E-state index in [2.05, 4.69) is 9.96 Å². The fraction of sp³-hybridized carbons (Fsp3) is 0.667. The van der Waals surface area contributed by atoms with Crippen LogP contribution >= 0.6 is 0 Å². The van der Waals surface area contributed by atoms with Crippen LogP contribution in [0.1, 0.15) is 0 Å². The summed E-state index contributed by atoms with van der Waals surface area (Å²) < 4.78 is 10.2. The first kappa shape index (κ1) is 8.00. The van der Waals surface area contributed by atoms with Crippen molar-refractivity contribution < 1.29 is 9.26 Å². The zero-order valence-electron chi connectivity index (χ0n) is 4.73. The summed E-state index contributed by atoms with van der Waals surface area (Å²) in [6.07, 6.45) is 0.750. The molecule has 0 aromatic carbocycles. The quantitative estimate of drug-likeness (QED) is 0.220. The van der Waals surface area contributed by atoms with Gasteiger partial charge in [-0.25, -0.2) is 10.2 Å². The van der Waals surface area contributed by atoms with Gasteiger partial charge < -0.3 is 14.4 Å². The highest BCUT2D eigenvalue weighted by Gasteiger charge is 2.07. The third-order valence-corrected chi connectivity index (χ3v) is 1.84. The van der Waals surface area contributed by atoms with Crippen LogP contribution in [0.5, 0.6) is 0 Å². The van der Waals surface area contributed by atoms with Crippen LogP contribution < -0.4 is 9.96 Å². The van der Waals surface area contributed by atoms with Crippen molar-refractivity contribution in [3.8, 4) is 0 Å². The maximum Gasteiger partial charge on any atom is 0.515 e. The standard InChI is InChI=1S/C2H6N2OSi.CHNO/c5-6-3-1-2-4-6;2-1-3/h3-4H,1-2H2;2H. The van der Waals surface area contributed by atoms with E-state index in [0.29, 0.717) is 0 Å². The molecule has 1 aliphatic heterocycles. The molecule has 0 aliphatic carbocycles. The van der Waals surface area contributed by atoms with Gasteiger partial charge in [0.15, 0.2) is 0 Å². The van der Waals surface area contributed by atoms with E-state index < -0.39 is 9.01 Å². The molecule has 0 amide bonds. The molecule has 1 heterocycles. The van der Waals surface area contributed by atoms with E-state index in [1.807, 2.05) is 0 Å². The van der Waals surface area contributed by atoms with Gasteiger partial charge in [-0.3, -0.25) is 0 Å². The van der Waals surface area contributed by atoms with Gasteiger partial charge in [-0.1, -0.05) is 0 Å². The van der Waals surface area contributed by atoms with Crippen molar-refractivity contribution in [1.82, 2.24) is 9.96 Å². The highest BCUT2D eigenvalue weighted by atomic mass is 28.3. The Bertz CT molecular complexity index is 123. The summed E-state index contributed by atoms with van der Waals surface area (Å²) in [5, 5.41) is 5.40. The van der Waals surface area contributed by atoms with Gasteiger partial charge in [-0.05, 0) is 0 Å². The Morgan fingerprint density at radius 1 is 1.44 bits per heavy atom. The minimum Gasteiger partial charge on any atom is -0.372 e. The van der Waals surface area contributed by atoms with Gasteiger partial charge in [0, 0.05) is 13.1 Å². The van der Waals surface area contributed by atoms with Crippen molar-refractivity contribution in [2.75, 3.05) is 13.1 Å². The highest BCUT2D eigenvalue weighted by Crippen LogP contribution is 1.64. The van der Waals surface area contributed by atoms with E-state index in [0.717, 1.165) is 19.2 Å². The van der Waals surface area contributed by atoms with Crippen molar-refractivity contribution in [1.29, 1.82) is 5.41 Å². The second-order valence-corrected chi connectivity index (χ2v) is 2.65. The normalized spacial score (nSPS) is 14.0. The largest absolute Gasteiger partial charge is 0.515 e. The summed E-state index contributed by atoms with van der Waals surface area (Å²) in [5.41, 5.74) is 0. The highest BCUT2D eigenvalue weighted by molar-refractivity contribution is 6.37. The van der Waals surface area contributed by atoms with E-state index >= 15 is 0 Å². The minimum atomic E-state index is -1.51. The Kier molecular flexibility index (Phi) is 4.57. The predicted molar refractivity (Wildman–Crippen MR) is 30.9 cm³/mol. The summed E-state index contributed by atoms with van der Waals surface area (Å²) in [6.45, 7) is 1.72. The smallest absolute Gasteiger partial charge is 0.372 e. The molecule has 50 valence electrons. The Hall–Kier alpha value is -1.00. The van der Waals surface area contributed by atoms with Gasteiger partial charge in [0.25, 0.3) is 0 Å². The molecule has 1 rings (SSSR count). The Morgan fingerprint density at radius 2 is 1.78 bits per heavy atom. The molecule has 1 fully saturated rings. The van der Waals surface area contributed by atoms with Crippen LogP contribution in [-0.2, 0) is 9.26 Å². The number of rotatable bonds is 0. The van der Waals surface area contributed by atoms with Crippen LogP contribution in [0.2, 0.25) is 0 Å². The van der Waals surface area contributed by atoms with Gasteiger partial charge in [0.1, 0.15) is 0 Å². The van der Waals surface area contributed by atoms with Gasteiger partial charge in [0.05, 0.1) is 0 Å². The van der Waals surface area contributed by atoms with E-state index in [4.69, 9.17) is 10.2 Å². The molecule has 0 aromatic rings. The van der Waals surface area contributed by atoms with Crippen LogP contribution in [0.25, 0.3) is 0 Å². The molecule has 0 radical (unpaired) electrons. The molecule has 6 heteroatoms. The van der Waals surface area contributed by atoms with Crippen molar-refractivity contribution in [2.24, 2.45) is 0 Å². The third-order valence-electron chi connectivity index (χ3n) is 0.696. The second-order valence-electron chi connectivity index (χ2n) is 1.28. The molecular weight excluding hydrogens is 138 g/mol. The van der Waals surface area contributed by atoms with Gasteiger partial charge >= 0.3 is 9.01 Å². The van der Waals surface area contributed by atoms with Crippen molar-refractivity contribution >= 4 is 15.1 Å². The molecule has 1 saturated heterocycles. The first-order chi connectivity index (χ1) is 4.31. The van der Waals surface area contributed by atoms with Crippen LogP contribution in [0, 0.1) is 5.41 Å². The molecule has 5 nitrogen and oxygen atoms in total. The van der Waals surface area contributed by atoms with Crippen LogP contribution in [0.15, 0.2) is 0 Å². The maximum absolute atomic E-state index is 10.2. The minimum absolute atomic E-state index is 0.750. The summed E-state index contributed by atoms with van der Waals surface area (Å²) in [5.74, 6) is 0. The van der Waals surface area contributed by atoms with Crippen molar-refractivity contribution in [2.45, 2.75) is 0 Å². The summed E-state index contributed by atoms with van der Waals surface area (Å²) in [7, 11) is -1.51. The topological polar surface area (TPSA) is 82.0 Å². The molecule has 9 heavy (non-hydrogen) atoms. The Balaban J connectivity index is 0.000000187. The number of isocyanates is 1. The molecule has 0 unspecified atom stereocenters. The lowest BCUT2D eigenvalue weighted by Gasteiger charge is -1.76. The second kappa shape index (κ2) is 5.14. The molecule has 1 aliphatic rings. The first-order valence-electron chi connectivity index (χ1n) is 2.37. The molecule has 3 N–H and O–H groups in total. The van der Waals surface area contributed by atoms with Crippen LogP contribution in [0.4, 0.5) is 0 Å². The molecule has 0 spiro atoms. The molecule has 0 saturated carbocycles. The van der Waals surface area contributed by atoms with E-state index in [1.54, 1.807) is 0 Å². The fourth-order valence-electron chi connectivity index (χ4n) is 0.415. The van der Waals surface area contributed by atoms with E-state index in [9.17, 15) is 4.46 Å². The lowest BCUT2D eigenvalue weighted by Crippen LogP contribution is -2.26. The summed E-state index contributed by atoms with van der Waals surface area (Å²) in [6, 6.07) is 0. The van der Waals surface area contributed by atoms with Gasteiger partial charge in [-0.15, -0.1) is 0 Å². The average Bonchev–Trinajstić information content (AvgIpc) is 2.20. The molecule has 0 bridgehead atoms. The lowest BCUT2D eigenvalue weighted by atomic mass is 10.7. The zero-order valence-corrected chi connectivity index (χ0v) is 5.73. The molecule has 0 aromatic heterocycles. The van der Waals surface area contributed by atoms with Gasteiger partial charge in [0.2, 0.25) is 6.08 Å².